The minimum Gasteiger partial charge on any atom is -0.548 e. The highest BCUT2D eigenvalue weighted by molar-refractivity contribution is 7.95. The number of carboxylic acid groups (broad SMARTS) is 1. The van der Waals surface area contributed by atoms with Gasteiger partial charge in [0.25, 0.3) is 0 Å². The third-order valence-electron chi connectivity index (χ3n) is 2.48. The molecule has 4 nitrogen and oxygen atoms in total. The largest absolute Gasteiger partial charge is 0.548 e. The number of amides is 1. The average Bonchev–Trinajstić information content (AvgIpc) is 2.21. The van der Waals surface area contributed by atoms with Gasteiger partial charge in [-0.3, -0.25) is 4.79 Å². The molecule has 2 atom stereocenters. The highest BCUT2D eigenvalue weighted by Crippen LogP contribution is 2.03. The zero-order valence-electron chi connectivity index (χ0n) is 10.4. The first-order valence-electron chi connectivity index (χ1n) is 5.43. The summed E-state index contributed by atoms with van der Waals surface area (Å²) in [6.07, 6.45) is 5.24. The Labute approximate surface area is 100 Å². The van der Waals surface area contributed by atoms with Crippen molar-refractivity contribution in [2.45, 2.75) is 32.7 Å². The number of carbonyl (C=O) groups excluding carboxylic acids is 2. The average molecular weight is 247 g/mol. The lowest BCUT2D eigenvalue weighted by atomic mass is 10.1. The molecule has 0 spiro atoms. The first-order valence-corrected chi connectivity index (χ1v) is 7.64. The zero-order valence-corrected chi connectivity index (χ0v) is 11.2. The third kappa shape index (κ3) is 6.00. The van der Waals surface area contributed by atoms with Gasteiger partial charge in [0.2, 0.25) is 5.91 Å². The fourth-order valence-corrected chi connectivity index (χ4v) is 1.81. The molecule has 0 heterocycles. The number of hydrogen-bond donors (Lipinski definition) is 1. The first kappa shape index (κ1) is 15.3. The predicted octanol–water partition coefficient (Wildman–Crippen LogP) is -0.465. The van der Waals surface area contributed by atoms with Gasteiger partial charge in [0.05, 0.1) is 24.5 Å². The van der Waals surface area contributed by atoms with Crippen LogP contribution in [0.4, 0.5) is 0 Å². The Morgan fingerprint density at radius 3 is 2.31 bits per heavy atom. The van der Waals surface area contributed by atoms with Crippen molar-refractivity contribution in [2.75, 3.05) is 18.3 Å². The molecule has 0 aliphatic heterocycles. The van der Waals surface area contributed by atoms with E-state index in [1.165, 1.54) is 0 Å². The summed E-state index contributed by atoms with van der Waals surface area (Å²) in [4.78, 5) is 22.4. The van der Waals surface area contributed by atoms with Crippen molar-refractivity contribution in [1.29, 1.82) is 0 Å². The molecule has 0 rings (SSSR count). The van der Waals surface area contributed by atoms with E-state index < -0.39 is 12.0 Å². The first-order chi connectivity index (χ1) is 7.38. The van der Waals surface area contributed by atoms with E-state index in [2.05, 4.69) is 5.32 Å². The fraction of sp³-hybridized carbons (Fsp3) is 0.818. The van der Waals surface area contributed by atoms with Crippen LogP contribution >= 0.6 is 0 Å². The van der Waals surface area contributed by atoms with Crippen LogP contribution < -0.4 is 10.4 Å². The Morgan fingerprint density at radius 1 is 1.38 bits per heavy atom. The molecule has 94 valence electrons. The van der Waals surface area contributed by atoms with Crippen LogP contribution in [-0.2, 0) is 20.5 Å². The lowest BCUT2D eigenvalue weighted by Gasteiger charge is -2.20. The second kappa shape index (κ2) is 7.54. The number of rotatable bonds is 7. The summed E-state index contributed by atoms with van der Waals surface area (Å²) in [5, 5.41) is 13.4. The molecule has 0 saturated heterocycles. The number of carboxylic acids is 1. The van der Waals surface area contributed by atoms with Crippen LogP contribution in [0, 0.1) is 5.92 Å². The quantitative estimate of drug-likeness (QED) is 0.619. The Bertz CT molecular complexity index is 243. The molecule has 1 unspecified atom stereocenters. The molecule has 16 heavy (non-hydrogen) atoms. The van der Waals surface area contributed by atoms with Gasteiger partial charge in [-0.1, -0.05) is 13.8 Å². The topological polar surface area (TPSA) is 69.2 Å². The van der Waals surface area contributed by atoms with Crippen LogP contribution in [0.15, 0.2) is 0 Å². The summed E-state index contributed by atoms with van der Waals surface area (Å²) in [7, 11) is 0.178. The molecule has 0 aliphatic rings. The molecule has 0 aromatic heterocycles. The molecule has 0 aliphatic carbocycles. The van der Waals surface area contributed by atoms with E-state index in [1.54, 1.807) is 6.92 Å². The monoisotopic (exact) mass is 247 g/mol. The van der Waals surface area contributed by atoms with Crippen molar-refractivity contribution in [2.24, 2.45) is 5.92 Å². The van der Waals surface area contributed by atoms with Gasteiger partial charge < -0.3 is 15.2 Å². The van der Waals surface area contributed by atoms with Gasteiger partial charge in [0, 0.05) is 12.3 Å². The van der Waals surface area contributed by atoms with Gasteiger partial charge in [-0.25, -0.2) is 0 Å². The summed E-state index contributed by atoms with van der Waals surface area (Å²) in [6.45, 7) is 3.68. The molecule has 0 aromatic carbocycles. The molecule has 1 amide bonds. The lowest BCUT2D eigenvalue weighted by molar-refractivity contribution is -0.308. The number of nitrogens with one attached hydrogen (secondary N) is 1. The van der Waals surface area contributed by atoms with E-state index in [4.69, 9.17) is 0 Å². The maximum atomic E-state index is 11.5. The second-order valence-electron chi connectivity index (χ2n) is 4.17. The normalized spacial score (nSPS) is 14.6. The maximum absolute atomic E-state index is 11.5. The van der Waals surface area contributed by atoms with E-state index in [0.717, 1.165) is 5.75 Å². The van der Waals surface area contributed by atoms with E-state index in [9.17, 15) is 14.7 Å². The number of aliphatic carboxylic acids is 1. The van der Waals surface area contributed by atoms with E-state index in [1.807, 2.05) is 19.4 Å². The summed E-state index contributed by atoms with van der Waals surface area (Å²) < 4.78 is 0. The van der Waals surface area contributed by atoms with Crippen LogP contribution in [0.1, 0.15) is 26.7 Å². The highest BCUT2D eigenvalue weighted by Gasteiger charge is 2.19. The van der Waals surface area contributed by atoms with Crippen molar-refractivity contribution >= 4 is 22.8 Å². The predicted molar refractivity (Wildman–Crippen MR) is 65.1 cm³/mol. The summed E-state index contributed by atoms with van der Waals surface area (Å²) in [5.41, 5.74) is 0. The third-order valence-corrected chi connectivity index (χ3v) is 3.53. The molecule has 0 radical (unpaired) electrons. The molecule has 1 N–H and O–H groups in total. The van der Waals surface area contributed by atoms with Crippen molar-refractivity contribution in [3.63, 3.8) is 0 Å². The Hall–Kier alpha value is -0.710. The Balaban J connectivity index is 4.23. The van der Waals surface area contributed by atoms with Crippen LogP contribution in [0.2, 0.25) is 0 Å². The van der Waals surface area contributed by atoms with E-state index in [-0.39, 0.29) is 22.7 Å². The van der Waals surface area contributed by atoms with Crippen LogP contribution in [0.25, 0.3) is 0 Å². The molecule has 0 saturated carbocycles. The van der Waals surface area contributed by atoms with Gasteiger partial charge in [-0.2, -0.15) is 0 Å². The summed E-state index contributed by atoms with van der Waals surface area (Å²) >= 11 is 0. The van der Waals surface area contributed by atoms with Crippen molar-refractivity contribution in [1.82, 2.24) is 5.32 Å². The number of carbonyl (C=O) groups is 2. The van der Waals surface area contributed by atoms with Crippen molar-refractivity contribution in [3.8, 4) is 0 Å². The van der Waals surface area contributed by atoms with Gasteiger partial charge in [-0.05, 0) is 17.3 Å². The zero-order chi connectivity index (χ0) is 12.7. The minimum absolute atomic E-state index is 0.150. The minimum atomic E-state index is -1.19. The van der Waals surface area contributed by atoms with Gasteiger partial charge >= 0.3 is 0 Å². The van der Waals surface area contributed by atoms with Crippen LogP contribution in [0.5, 0.6) is 0 Å². The van der Waals surface area contributed by atoms with Crippen molar-refractivity contribution in [3.05, 3.63) is 0 Å². The molecular formula is C11H21NO3S. The molecule has 0 bridgehead atoms. The molecule has 0 aromatic rings. The highest BCUT2D eigenvalue weighted by atomic mass is 32.2. The molecular weight excluding hydrogens is 226 g/mol. The van der Waals surface area contributed by atoms with E-state index in [0.29, 0.717) is 12.8 Å². The summed E-state index contributed by atoms with van der Waals surface area (Å²) in [6, 6.07) is -0.851. The fourth-order valence-electron chi connectivity index (χ4n) is 1.10. The molecule has 5 heteroatoms. The van der Waals surface area contributed by atoms with Crippen molar-refractivity contribution < 1.29 is 14.7 Å². The summed E-state index contributed by atoms with van der Waals surface area (Å²) in [5.74, 6) is -0.756. The Kier molecular flexibility index (Phi) is 7.21. The lowest BCUT2D eigenvalue weighted by Crippen LogP contribution is -2.49. The number of hydrogen-bond acceptors (Lipinski definition) is 3. The van der Waals surface area contributed by atoms with Gasteiger partial charge in [0.15, 0.2) is 0 Å². The second-order valence-corrected chi connectivity index (χ2v) is 6.55. The maximum Gasteiger partial charge on any atom is 0.223 e. The van der Waals surface area contributed by atoms with Crippen LogP contribution in [-0.4, -0.2) is 36.2 Å². The molecule has 0 fully saturated rings. The van der Waals surface area contributed by atoms with Gasteiger partial charge in [0.1, 0.15) is 5.75 Å². The van der Waals surface area contributed by atoms with Crippen LogP contribution in [0.3, 0.4) is 0 Å². The standard InChI is InChI=1S/C11H21NO3S/c1-5-8(2)10(13)12-9(11(14)15)6-7-16(3)4/h8-9H,5-7H2,1-4H3,(H-,12,13,14,15)/t8?,9-/m1/s1. The smallest absolute Gasteiger partial charge is 0.223 e. The SMILES string of the molecule is CCC(C)C(=O)N[C@H](CC[S+](C)C)C(=O)[O-]. The Morgan fingerprint density at radius 2 is 1.94 bits per heavy atom. The van der Waals surface area contributed by atoms with Gasteiger partial charge in [-0.15, -0.1) is 0 Å². The van der Waals surface area contributed by atoms with E-state index >= 15 is 0 Å².